The van der Waals surface area contributed by atoms with Gasteiger partial charge in [0, 0.05) is 51.2 Å². The van der Waals surface area contributed by atoms with E-state index in [4.69, 9.17) is 14.1 Å². The van der Waals surface area contributed by atoms with Crippen molar-refractivity contribution in [3.05, 3.63) is 156 Å². The van der Waals surface area contributed by atoms with E-state index in [1.165, 1.54) is 39.3 Å². The number of nitrogens with zero attached hydrogens (tertiary/aromatic N) is 4. The van der Waals surface area contributed by atoms with Crippen molar-refractivity contribution in [2.24, 2.45) is 0 Å². The number of fused-ring (bicyclic) bond motifs is 8. The normalized spacial score (nSPS) is 13.4. The van der Waals surface area contributed by atoms with E-state index in [-0.39, 0.29) is 10.8 Å². The van der Waals surface area contributed by atoms with Gasteiger partial charge in [-0.25, -0.2) is 4.98 Å². The number of hydrogen-bond acceptors (Lipinski definition) is 5. The van der Waals surface area contributed by atoms with Gasteiger partial charge in [0.15, 0.2) is 0 Å². The van der Waals surface area contributed by atoms with Crippen LogP contribution in [0.15, 0.2) is 138 Å². The molecule has 1 aliphatic heterocycles. The van der Waals surface area contributed by atoms with Crippen molar-refractivity contribution in [3.63, 3.8) is 0 Å². The van der Waals surface area contributed by atoms with Gasteiger partial charge in [-0.05, 0) is 114 Å². The Bertz CT molecular complexity index is 3060. The molecule has 0 radical (unpaired) electrons. The van der Waals surface area contributed by atoms with Crippen LogP contribution in [-0.2, 0) is 10.8 Å². The summed E-state index contributed by atoms with van der Waals surface area (Å²) in [4.78, 5) is 9.79. The number of anilines is 4. The first-order valence-electron chi connectivity index (χ1n) is 20.2. The maximum atomic E-state index is 6.78. The van der Waals surface area contributed by atoms with Gasteiger partial charge in [-0.1, -0.05) is 90.1 Å². The van der Waals surface area contributed by atoms with Crippen LogP contribution >= 0.6 is 0 Å². The van der Waals surface area contributed by atoms with Crippen LogP contribution in [0.1, 0.15) is 63.8 Å². The highest BCUT2D eigenvalue weighted by molar-refractivity contribution is 6.27. The smallest absolute Gasteiger partial charge is 0.137 e. The third-order valence-electron chi connectivity index (χ3n) is 11.8. The first-order valence-corrected chi connectivity index (χ1v) is 20.2. The van der Waals surface area contributed by atoms with Gasteiger partial charge >= 0.3 is 0 Å². The van der Waals surface area contributed by atoms with E-state index in [0.29, 0.717) is 6.67 Å². The molecule has 0 saturated carbocycles. The van der Waals surface area contributed by atoms with E-state index in [1.54, 1.807) is 0 Å². The molecule has 6 nitrogen and oxygen atoms in total. The molecule has 1 aliphatic rings. The molecule has 6 aromatic carbocycles. The van der Waals surface area contributed by atoms with Crippen LogP contribution in [0.2, 0.25) is 0 Å². The zero-order valence-corrected chi connectivity index (χ0v) is 34.5. The molecule has 58 heavy (non-hydrogen) atoms. The summed E-state index contributed by atoms with van der Waals surface area (Å²) in [6.07, 6.45) is 1.92. The SMILES string of the molecule is Cc1cc(C(C)(C)C)cc(C)c1N1CN(c2cccc(Oc3ccc4c5c6c(ccc5n(-c5cc(C(C)(C)C)ccn5)c4c3)oc3ccccc36)c2)c2ccccc21. The summed E-state index contributed by atoms with van der Waals surface area (Å²) in [5.74, 6) is 2.39. The first kappa shape index (κ1) is 35.9. The van der Waals surface area contributed by atoms with Gasteiger partial charge in [0.05, 0.1) is 22.4 Å². The summed E-state index contributed by atoms with van der Waals surface area (Å²) in [5, 5.41) is 4.47. The lowest BCUT2D eigenvalue weighted by atomic mass is 9.84. The van der Waals surface area contributed by atoms with E-state index in [1.807, 2.05) is 24.4 Å². The molecule has 0 saturated heterocycles. The van der Waals surface area contributed by atoms with Crippen molar-refractivity contribution < 1.29 is 9.15 Å². The quantitative estimate of drug-likeness (QED) is 0.175. The zero-order chi connectivity index (χ0) is 40.1. The Kier molecular flexibility index (Phi) is 8.04. The number of ether oxygens (including phenoxy) is 1. The Hall–Kier alpha value is -6.53. The maximum absolute atomic E-state index is 6.78. The van der Waals surface area contributed by atoms with Gasteiger partial charge < -0.3 is 19.0 Å². The average Bonchev–Trinajstić information content (AvgIpc) is 3.87. The largest absolute Gasteiger partial charge is 0.457 e. The van der Waals surface area contributed by atoms with Crippen LogP contribution < -0.4 is 14.5 Å². The minimum absolute atomic E-state index is 0.0365. The molecular weight excluding hydrogens is 713 g/mol. The van der Waals surface area contributed by atoms with E-state index in [2.05, 4.69) is 179 Å². The molecule has 0 spiro atoms. The molecular formula is C52H48N4O2. The molecule has 0 aliphatic carbocycles. The molecule has 0 unspecified atom stereocenters. The molecule has 0 atom stereocenters. The summed E-state index contributed by atoms with van der Waals surface area (Å²) in [7, 11) is 0. The minimum atomic E-state index is -0.0365. The second-order valence-electron chi connectivity index (χ2n) is 17.9. The topological polar surface area (TPSA) is 46.7 Å². The Balaban J connectivity index is 1.06. The molecule has 10 rings (SSSR count). The van der Waals surface area contributed by atoms with Crippen LogP contribution in [0, 0.1) is 13.8 Å². The fourth-order valence-electron chi connectivity index (χ4n) is 8.91. The molecule has 288 valence electrons. The number of furan rings is 1. The van der Waals surface area contributed by atoms with E-state index >= 15 is 0 Å². The fraction of sp³-hybridized carbons (Fsp3) is 0.212. The Morgan fingerprint density at radius 3 is 2.03 bits per heavy atom. The van der Waals surface area contributed by atoms with Gasteiger partial charge in [-0.2, -0.15) is 0 Å². The monoisotopic (exact) mass is 760 g/mol. The van der Waals surface area contributed by atoms with Crippen LogP contribution in [0.25, 0.3) is 49.6 Å². The standard InChI is InChI=1S/C52H48N4O2/c1-32-26-35(52(6,7)8)27-33(2)50(32)55-31-54(41-17-10-11-18-42(41)55)36-14-13-15-37(29-36)57-38-20-21-39-44(30-38)56(47-28-34(24-25-53-47)51(3,4)5)43-22-23-46-49(48(39)43)40-16-9-12-19-45(40)58-46/h9-30H,31H2,1-8H3. The molecule has 0 N–H and O–H groups in total. The van der Waals surface area contributed by atoms with Gasteiger partial charge in [-0.3, -0.25) is 4.57 Å². The molecule has 3 aromatic heterocycles. The molecule has 4 heterocycles. The third-order valence-corrected chi connectivity index (χ3v) is 11.8. The van der Waals surface area contributed by atoms with Gasteiger partial charge in [0.1, 0.15) is 35.2 Å². The third kappa shape index (κ3) is 5.81. The lowest BCUT2D eigenvalue weighted by Crippen LogP contribution is -2.25. The van der Waals surface area contributed by atoms with Gasteiger partial charge in [0.2, 0.25) is 0 Å². The van der Waals surface area contributed by atoms with Crippen molar-refractivity contribution in [3.8, 4) is 17.3 Å². The predicted molar refractivity (Wildman–Crippen MR) is 241 cm³/mol. The van der Waals surface area contributed by atoms with Gasteiger partial charge in [-0.15, -0.1) is 0 Å². The number of rotatable bonds is 5. The molecule has 0 amide bonds. The van der Waals surface area contributed by atoms with Crippen LogP contribution in [0.5, 0.6) is 11.5 Å². The lowest BCUT2D eigenvalue weighted by Gasteiger charge is -2.28. The predicted octanol–water partition coefficient (Wildman–Crippen LogP) is 14.3. The van der Waals surface area contributed by atoms with Crippen molar-refractivity contribution in [2.45, 2.75) is 66.2 Å². The molecule has 6 heteroatoms. The van der Waals surface area contributed by atoms with E-state index < -0.39 is 0 Å². The van der Waals surface area contributed by atoms with Crippen LogP contribution in [0.4, 0.5) is 22.7 Å². The Labute approximate surface area is 339 Å². The number of hydrogen-bond donors (Lipinski definition) is 0. The number of pyridine rings is 1. The summed E-state index contributed by atoms with van der Waals surface area (Å²) in [6.45, 7) is 18.7. The summed E-state index contributed by atoms with van der Waals surface area (Å²) >= 11 is 0. The molecule has 0 fully saturated rings. The van der Waals surface area contributed by atoms with Crippen molar-refractivity contribution in [2.75, 3.05) is 16.5 Å². The fourth-order valence-corrected chi connectivity index (χ4v) is 8.91. The van der Waals surface area contributed by atoms with Crippen molar-refractivity contribution in [1.82, 2.24) is 9.55 Å². The zero-order valence-electron chi connectivity index (χ0n) is 34.5. The van der Waals surface area contributed by atoms with Crippen LogP contribution in [0.3, 0.4) is 0 Å². The van der Waals surface area contributed by atoms with Crippen molar-refractivity contribution in [1.29, 1.82) is 0 Å². The number of aromatic nitrogens is 2. The summed E-state index contributed by atoms with van der Waals surface area (Å²) in [6, 6.07) is 45.2. The highest BCUT2D eigenvalue weighted by atomic mass is 16.5. The number of para-hydroxylation sites is 3. The highest BCUT2D eigenvalue weighted by Crippen LogP contribution is 2.48. The van der Waals surface area contributed by atoms with Crippen LogP contribution in [-0.4, -0.2) is 16.2 Å². The minimum Gasteiger partial charge on any atom is -0.457 e. The highest BCUT2D eigenvalue weighted by Gasteiger charge is 2.31. The number of benzene rings is 6. The second kappa shape index (κ2) is 13.0. The lowest BCUT2D eigenvalue weighted by molar-refractivity contribution is 0.483. The van der Waals surface area contributed by atoms with Gasteiger partial charge in [0.25, 0.3) is 0 Å². The maximum Gasteiger partial charge on any atom is 0.137 e. The number of aryl methyl sites for hydroxylation is 2. The summed E-state index contributed by atoms with van der Waals surface area (Å²) in [5.41, 5.74) is 13.8. The molecule has 0 bridgehead atoms. The van der Waals surface area contributed by atoms with E-state index in [9.17, 15) is 0 Å². The average molecular weight is 761 g/mol. The van der Waals surface area contributed by atoms with Crippen molar-refractivity contribution >= 4 is 66.5 Å². The van der Waals surface area contributed by atoms with E-state index in [0.717, 1.165) is 66.7 Å². The first-order chi connectivity index (χ1) is 27.8. The summed E-state index contributed by atoms with van der Waals surface area (Å²) < 4.78 is 15.4. The molecule has 9 aromatic rings. The Morgan fingerprint density at radius 2 is 1.28 bits per heavy atom. The second-order valence-corrected chi connectivity index (χ2v) is 17.9. The Morgan fingerprint density at radius 1 is 0.569 bits per heavy atom.